The minimum absolute atomic E-state index is 0.00864. The lowest BCUT2D eigenvalue weighted by Crippen LogP contribution is -2.23. The third-order valence-corrected chi connectivity index (χ3v) is 5.27. The van der Waals surface area contributed by atoms with E-state index in [1.54, 1.807) is 37.6 Å². The first kappa shape index (κ1) is 18.4. The molecule has 0 saturated heterocycles. The molecule has 26 heavy (non-hydrogen) atoms. The standard InChI is InChI=1S/C21H23FN2OS/c1-5-16-11-19(22)14(2)10-21(16)24(17-8-9-26-13-17)15(3)20-7-6-18(25-4)12-23-20/h6-13,15H,5H2,1-4H3. The number of anilines is 2. The van der Waals surface area contributed by atoms with E-state index in [4.69, 9.17) is 4.74 Å². The monoisotopic (exact) mass is 370 g/mol. The molecule has 5 heteroatoms. The molecule has 0 spiro atoms. The van der Waals surface area contributed by atoms with Gasteiger partial charge in [-0.2, -0.15) is 11.3 Å². The van der Waals surface area contributed by atoms with Crippen LogP contribution in [0.2, 0.25) is 0 Å². The number of nitrogens with zero attached hydrogens (tertiary/aromatic N) is 2. The predicted molar refractivity (Wildman–Crippen MR) is 106 cm³/mol. The average Bonchev–Trinajstić information content (AvgIpc) is 3.18. The van der Waals surface area contributed by atoms with Crippen molar-refractivity contribution in [3.05, 3.63) is 69.9 Å². The third kappa shape index (κ3) is 3.58. The molecule has 3 nitrogen and oxygen atoms in total. The number of pyridine rings is 1. The van der Waals surface area contributed by atoms with E-state index in [-0.39, 0.29) is 11.9 Å². The van der Waals surface area contributed by atoms with Crippen molar-refractivity contribution < 1.29 is 9.13 Å². The summed E-state index contributed by atoms with van der Waals surface area (Å²) in [4.78, 5) is 6.80. The highest BCUT2D eigenvalue weighted by atomic mass is 32.1. The van der Waals surface area contributed by atoms with Crippen LogP contribution in [0.5, 0.6) is 5.75 Å². The molecule has 0 radical (unpaired) electrons. The van der Waals surface area contributed by atoms with Crippen LogP contribution in [0.15, 0.2) is 47.3 Å². The highest BCUT2D eigenvalue weighted by Crippen LogP contribution is 2.39. The van der Waals surface area contributed by atoms with Crippen molar-refractivity contribution in [1.82, 2.24) is 4.98 Å². The molecule has 0 N–H and O–H groups in total. The number of halogens is 1. The van der Waals surface area contributed by atoms with Crippen LogP contribution < -0.4 is 9.64 Å². The Hall–Kier alpha value is -2.40. The Morgan fingerprint density at radius 2 is 2.08 bits per heavy atom. The van der Waals surface area contributed by atoms with Crippen LogP contribution in [0.4, 0.5) is 15.8 Å². The summed E-state index contributed by atoms with van der Waals surface area (Å²) in [6, 6.07) is 9.56. The van der Waals surface area contributed by atoms with Crippen LogP contribution in [0.3, 0.4) is 0 Å². The van der Waals surface area contributed by atoms with Crippen molar-refractivity contribution in [2.24, 2.45) is 0 Å². The number of methoxy groups -OCH3 is 1. The maximum atomic E-state index is 14.1. The highest BCUT2D eigenvalue weighted by molar-refractivity contribution is 7.08. The quantitative estimate of drug-likeness (QED) is 0.527. The van der Waals surface area contributed by atoms with Gasteiger partial charge in [0, 0.05) is 11.1 Å². The first-order valence-electron chi connectivity index (χ1n) is 8.65. The zero-order chi connectivity index (χ0) is 18.7. The highest BCUT2D eigenvalue weighted by Gasteiger charge is 2.23. The Morgan fingerprint density at radius 3 is 2.65 bits per heavy atom. The SMILES string of the molecule is CCc1cc(F)c(C)cc1N(c1ccsc1)C(C)c1ccc(OC)cn1. The Morgan fingerprint density at radius 1 is 1.27 bits per heavy atom. The number of thiophene rings is 1. The normalized spacial score (nSPS) is 12.0. The lowest BCUT2D eigenvalue weighted by Gasteiger charge is -2.32. The summed E-state index contributed by atoms with van der Waals surface area (Å²) in [6.45, 7) is 5.97. The van der Waals surface area contributed by atoms with Crippen LogP contribution in [0.25, 0.3) is 0 Å². The van der Waals surface area contributed by atoms with Gasteiger partial charge in [0.2, 0.25) is 0 Å². The molecule has 0 aliphatic heterocycles. The molecule has 2 aromatic heterocycles. The van der Waals surface area contributed by atoms with Gasteiger partial charge in [-0.25, -0.2) is 4.39 Å². The zero-order valence-corrected chi connectivity index (χ0v) is 16.3. The van der Waals surface area contributed by atoms with Crippen LogP contribution in [0.1, 0.15) is 36.7 Å². The molecule has 0 amide bonds. The molecule has 0 saturated carbocycles. The number of ether oxygens (including phenoxy) is 1. The molecule has 1 unspecified atom stereocenters. The number of hydrogen-bond acceptors (Lipinski definition) is 4. The Bertz CT molecular complexity index is 862. The van der Waals surface area contributed by atoms with Gasteiger partial charge in [0.1, 0.15) is 11.6 Å². The van der Waals surface area contributed by atoms with Crippen molar-refractivity contribution in [2.75, 3.05) is 12.0 Å². The zero-order valence-electron chi connectivity index (χ0n) is 15.5. The minimum atomic E-state index is -0.161. The summed E-state index contributed by atoms with van der Waals surface area (Å²) in [5.74, 6) is 0.570. The van der Waals surface area contributed by atoms with Gasteiger partial charge >= 0.3 is 0 Å². The number of benzene rings is 1. The van der Waals surface area contributed by atoms with E-state index in [1.165, 1.54) is 0 Å². The summed E-state index contributed by atoms with van der Waals surface area (Å²) in [5.41, 5.74) is 4.67. The van der Waals surface area contributed by atoms with Crippen molar-refractivity contribution in [3.8, 4) is 5.75 Å². The van der Waals surface area contributed by atoms with Crippen molar-refractivity contribution in [1.29, 1.82) is 0 Å². The first-order chi connectivity index (χ1) is 12.5. The van der Waals surface area contributed by atoms with E-state index >= 15 is 0 Å². The minimum Gasteiger partial charge on any atom is -0.495 e. The summed E-state index contributed by atoms with van der Waals surface area (Å²) >= 11 is 1.65. The smallest absolute Gasteiger partial charge is 0.137 e. The van der Waals surface area contributed by atoms with Gasteiger partial charge in [0.25, 0.3) is 0 Å². The number of aromatic nitrogens is 1. The Kier molecular flexibility index (Phi) is 5.57. The van der Waals surface area contributed by atoms with Crippen LogP contribution in [0, 0.1) is 12.7 Å². The lowest BCUT2D eigenvalue weighted by atomic mass is 10.0. The van der Waals surface area contributed by atoms with Crippen molar-refractivity contribution >= 4 is 22.7 Å². The van der Waals surface area contributed by atoms with E-state index < -0.39 is 0 Å². The van der Waals surface area contributed by atoms with Gasteiger partial charge < -0.3 is 9.64 Å². The van der Waals surface area contributed by atoms with Crippen LogP contribution in [-0.4, -0.2) is 12.1 Å². The Labute approximate surface area is 158 Å². The van der Waals surface area contributed by atoms with Gasteiger partial charge in [-0.15, -0.1) is 0 Å². The number of hydrogen-bond donors (Lipinski definition) is 0. The molecule has 0 fully saturated rings. The van der Waals surface area contributed by atoms with Crippen molar-refractivity contribution in [2.45, 2.75) is 33.2 Å². The second kappa shape index (κ2) is 7.87. The fourth-order valence-electron chi connectivity index (χ4n) is 3.07. The van der Waals surface area contributed by atoms with Gasteiger partial charge in [0.05, 0.1) is 30.7 Å². The molecule has 0 bridgehead atoms. The molecular formula is C21H23FN2OS. The summed E-state index contributed by atoms with van der Waals surface area (Å²) in [6.07, 6.45) is 2.49. The molecule has 0 aliphatic carbocycles. The fraction of sp³-hybridized carbons (Fsp3) is 0.286. The van der Waals surface area contributed by atoms with Crippen LogP contribution in [-0.2, 0) is 6.42 Å². The molecule has 3 aromatic rings. The van der Waals surface area contributed by atoms with Gasteiger partial charge in [-0.05, 0) is 67.1 Å². The molecule has 1 atom stereocenters. The van der Waals surface area contributed by atoms with Gasteiger partial charge in [-0.1, -0.05) is 6.92 Å². The average molecular weight is 370 g/mol. The molecule has 2 heterocycles. The maximum absolute atomic E-state index is 14.1. The topological polar surface area (TPSA) is 25.4 Å². The lowest BCUT2D eigenvalue weighted by molar-refractivity contribution is 0.412. The fourth-order valence-corrected chi connectivity index (χ4v) is 3.70. The van der Waals surface area contributed by atoms with E-state index in [9.17, 15) is 4.39 Å². The molecule has 3 rings (SSSR count). The van der Waals surface area contributed by atoms with E-state index in [0.717, 1.165) is 34.8 Å². The van der Waals surface area contributed by atoms with E-state index in [2.05, 4.69) is 40.6 Å². The predicted octanol–water partition coefficient (Wildman–Crippen LogP) is 6.06. The number of rotatable bonds is 6. The maximum Gasteiger partial charge on any atom is 0.137 e. The summed E-state index contributed by atoms with van der Waals surface area (Å²) in [5, 5.41) is 4.16. The molecule has 1 aromatic carbocycles. The van der Waals surface area contributed by atoms with E-state index in [1.807, 2.05) is 18.2 Å². The van der Waals surface area contributed by atoms with Crippen molar-refractivity contribution in [3.63, 3.8) is 0 Å². The van der Waals surface area contributed by atoms with Gasteiger partial charge in [0.15, 0.2) is 0 Å². The third-order valence-electron chi connectivity index (χ3n) is 4.59. The molecule has 136 valence electrons. The molecule has 0 aliphatic rings. The second-order valence-electron chi connectivity index (χ2n) is 6.23. The number of aryl methyl sites for hydroxylation is 2. The first-order valence-corrected chi connectivity index (χ1v) is 9.59. The Balaban J connectivity index is 2.10. The largest absolute Gasteiger partial charge is 0.495 e. The molecular weight excluding hydrogens is 347 g/mol. The van der Waals surface area contributed by atoms with E-state index in [0.29, 0.717) is 5.56 Å². The second-order valence-corrected chi connectivity index (χ2v) is 7.01. The van der Waals surface area contributed by atoms with Gasteiger partial charge in [-0.3, -0.25) is 4.98 Å². The summed E-state index contributed by atoms with van der Waals surface area (Å²) in [7, 11) is 1.63. The summed E-state index contributed by atoms with van der Waals surface area (Å²) < 4.78 is 19.3. The van der Waals surface area contributed by atoms with Crippen LogP contribution >= 0.6 is 11.3 Å².